The van der Waals surface area contributed by atoms with E-state index in [1.54, 1.807) is 19.1 Å². The number of halogens is 5. The molecule has 1 aromatic carbocycles. The molecule has 0 N–H and O–H groups in total. The van der Waals surface area contributed by atoms with Crippen molar-refractivity contribution in [3.05, 3.63) is 27.7 Å². The summed E-state index contributed by atoms with van der Waals surface area (Å²) in [5, 5.41) is 0. The van der Waals surface area contributed by atoms with Crippen LogP contribution in [0, 0.1) is 6.92 Å². The van der Waals surface area contributed by atoms with Crippen molar-refractivity contribution in [3.63, 3.8) is 0 Å². The molecule has 0 unspecified atom stereocenters. The predicted octanol–water partition coefficient (Wildman–Crippen LogP) is 4.44. The van der Waals surface area contributed by atoms with Gasteiger partial charge in [0.15, 0.2) is 6.61 Å². The lowest BCUT2D eigenvalue weighted by Gasteiger charge is -2.14. The molecule has 0 amide bonds. The number of aryl methyl sites for hydroxylation is 1. The van der Waals surface area contributed by atoms with Crippen LogP contribution in [0.3, 0.4) is 0 Å². The Bertz CT molecular complexity index is 379. The molecule has 0 aliphatic rings. The first-order chi connectivity index (χ1) is 7.33. The molecule has 0 bridgehead atoms. The molecule has 90 valence electrons. The summed E-state index contributed by atoms with van der Waals surface area (Å²) in [6.07, 6.45) is -4.34. The first kappa shape index (κ1) is 13.6. The van der Waals surface area contributed by atoms with Crippen LogP contribution in [0.5, 0.6) is 5.75 Å². The van der Waals surface area contributed by atoms with Gasteiger partial charge in [-0.25, -0.2) is 0 Å². The fourth-order valence-electron chi connectivity index (χ4n) is 1.26. The molecule has 1 nitrogen and oxygen atoms in total. The number of ether oxygens (including phenoxy) is 1. The number of alkyl halides is 4. The highest BCUT2D eigenvalue weighted by atomic mass is 79.9. The molecule has 0 aromatic heterocycles. The predicted molar refractivity (Wildman–Crippen MR) is 60.0 cm³/mol. The summed E-state index contributed by atoms with van der Waals surface area (Å²) in [7, 11) is 0. The molecule has 0 atom stereocenters. The smallest absolute Gasteiger partial charge is 0.422 e. The number of benzene rings is 1. The summed E-state index contributed by atoms with van der Waals surface area (Å²) in [6, 6.07) is 3.33. The normalized spacial score (nSPS) is 11.6. The van der Waals surface area contributed by atoms with Crippen LogP contribution >= 0.6 is 27.5 Å². The van der Waals surface area contributed by atoms with Gasteiger partial charge < -0.3 is 4.74 Å². The van der Waals surface area contributed by atoms with Crippen LogP contribution in [0.2, 0.25) is 0 Å². The number of hydrogen-bond donors (Lipinski definition) is 0. The van der Waals surface area contributed by atoms with Crippen molar-refractivity contribution in [1.29, 1.82) is 0 Å². The lowest BCUT2D eigenvalue weighted by Crippen LogP contribution is -2.20. The van der Waals surface area contributed by atoms with Crippen LogP contribution in [-0.4, -0.2) is 12.8 Å². The van der Waals surface area contributed by atoms with E-state index in [4.69, 9.17) is 16.3 Å². The molecule has 0 aliphatic heterocycles. The molecular weight excluding hydrogens is 308 g/mol. The van der Waals surface area contributed by atoms with E-state index in [1.165, 1.54) is 0 Å². The van der Waals surface area contributed by atoms with Gasteiger partial charge in [-0.3, -0.25) is 0 Å². The van der Waals surface area contributed by atoms with Gasteiger partial charge in [-0.1, -0.05) is 15.9 Å². The summed E-state index contributed by atoms with van der Waals surface area (Å²) >= 11 is 8.89. The van der Waals surface area contributed by atoms with Gasteiger partial charge in [-0.2, -0.15) is 13.2 Å². The maximum Gasteiger partial charge on any atom is 0.422 e. The maximum absolute atomic E-state index is 12.0. The minimum atomic E-state index is -4.34. The zero-order valence-electron chi connectivity index (χ0n) is 8.37. The Morgan fingerprint density at radius 3 is 2.50 bits per heavy atom. The molecule has 0 saturated carbocycles. The molecule has 0 aliphatic carbocycles. The molecule has 0 radical (unpaired) electrons. The Hall–Kier alpha value is -0.420. The SMILES string of the molecule is Cc1cc(Br)cc(CCl)c1OCC(F)(F)F. The van der Waals surface area contributed by atoms with E-state index in [0.717, 1.165) is 4.47 Å². The molecule has 6 heteroatoms. The Balaban J connectivity index is 2.94. The van der Waals surface area contributed by atoms with Crippen molar-refractivity contribution >= 4 is 27.5 Å². The van der Waals surface area contributed by atoms with Crippen LogP contribution < -0.4 is 4.74 Å². The Kier molecular flexibility index (Phi) is 4.50. The molecule has 0 heterocycles. The van der Waals surface area contributed by atoms with E-state index in [1.807, 2.05) is 0 Å². The second-order valence-corrected chi connectivity index (χ2v) is 4.43. The summed E-state index contributed by atoms with van der Waals surface area (Å²) in [4.78, 5) is 0. The van der Waals surface area contributed by atoms with Crippen molar-refractivity contribution in [3.8, 4) is 5.75 Å². The number of hydrogen-bond acceptors (Lipinski definition) is 1. The monoisotopic (exact) mass is 316 g/mol. The lowest BCUT2D eigenvalue weighted by atomic mass is 10.1. The Morgan fingerprint density at radius 1 is 1.38 bits per heavy atom. The fraction of sp³-hybridized carbons (Fsp3) is 0.400. The average molecular weight is 318 g/mol. The van der Waals surface area contributed by atoms with Crippen molar-refractivity contribution in [2.45, 2.75) is 19.0 Å². The van der Waals surface area contributed by atoms with E-state index in [2.05, 4.69) is 15.9 Å². The summed E-state index contributed by atoms with van der Waals surface area (Å²) in [5.41, 5.74) is 1.16. The van der Waals surface area contributed by atoms with Crippen molar-refractivity contribution in [2.24, 2.45) is 0 Å². The lowest BCUT2D eigenvalue weighted by molar-refractivity contribution is -0.153. The van der Waals surface area contributed by atoms with Gasteiger partial charge in [0.1, 0.15) is 5.75 Å². The topological polar surface area (TPSA) is 9.23 Å². The Morgan fingerprint density at radius 2 is 2.00 bits per heavy atom. The third-order valence-corrected chi connectivity index (χ3v) is 2.59. The average Bonchev–Trinajstić information content (AvgIpc) is 2.13. The van der Waals surface area contributed by atoms with Crippen molar-refractivity contribution in [1.82, 2.24) is 0 Å². The Labute approximate surface area is 105 Å². The zero-order valence-corrected chi connectivity index (χ0v) is 10.7. The van der Waals surface area contributed by atoms with Crippen LogP contribution in [0.1, 0.15) is 11.1 Å². The van der Waals surface area contributed by atoms with Gasteiger partial charge in [0.25, 0.3) is 0 Å². The van der Waals surface area contributed by atoms with E-state index in [-0.39, 0.29) is 11.6 Å². The van der Waals surface area contributed by atoms with E-state index < -0.39 is 12.8 Å². The van der Waals surface area contributed by atoms with Crippen LogP contribution in [0.4, 0.5) is 13.2 Å². The molecule has 0 saturated heterocycles. The molecular formula is C10H9BrClF3O. The highest BCUT2D eigenvalue weighted by Crippen LogP contribution is 2.30. The van der Waals surface area contributed by atoms with Gasteiger partial charge >= 0.3 is 6.18 Å². The summed E-state index contributed by atoms with van der Waals surface area (Å²) in [6.45, 7) is 0.367. The third kappa shape index (κ3) is 3.87. The molecule has 1 rings (SSSR count). The molecule has 16 heavy (non-hydrogen) atoms. The van der Waals surface area contributed by atoms with Gasteiger partial charge in [-0.05, 0) is 24.6 Å². The third-order valence-electron chi connectivity index (χ3n) is 1.84. The minimum absolute atomic E-state index is 0.105. The largest absolute Gasteiger partial charge is 0.484 e. The second-order valence-electron chi connectivity index (χ2n) is 3.25. The van der Waals surface area contributed by atoms with E-state index in [9.17, 15) is 13.2 Å². The fourth-order valence-corrected chi connectivity index (χ4v) is 2.08. The maximum atomic E-state index is 12.0. The van der Waals surface area contributed by atoms with Crippen LogP contribution in [0.25, 0.3) is 0 Å². The highest BCUT2D eigenvalue weighted by Gasteiger charge is 2.29. The number of rotatable bonds is 3. The molecule has 0 spiro atoms. The van der Waals surface area contributed by atoms with Crippen molar-refractivity contribution < 1.29 is 17.9 Å². The highest BCUT2D eigenvalue weighted by molar-refractivity contribution is 9.10. The summed E-state index contributed by atoms with van der Waals surface area (Å²) in [5.74, 6) is 0.309. The van der Waals surface area contributed by atoms with Crippen molar-refractivity contribution in [2.75, 3.05) is 6.61 Å². The van der Waals surface area contributed by atoms with E-state index in [0.29, 0.717) is 11.1 Å². The standard InChI is InChI=1S/C10H9BrClF3O/c1-6-2-8(11)3-7(4-12)9(6)16-5-10(13,14)15/h2-3H,4-5H2,1H3. The minimum Gasteiger partial charge on any atom is -0.484 e. The van der Waals surface area contributed by atoms with Crippen LogP contribution in [0.15, 0.2) is 16.6 Å². The van der Waals surface area contributed by atoms with Gasteiger partial charge in [0.2, 0.25) is 0 Å². The zero-order chi connectivity index (χ0) is 12.3. The molecule has 0 fully saturated rings. The van der Waals surface area contributed by atoms with Gasteiger partial charge in [-0.15, -0.1) is 11.6 Å². The van der Waals surface area contributed by atoms with E-state index >= 15 is 0 Å². The molecule has 1 aromatic rings. The quantitative estimate of drug-likeness (QED) is 0.749. The first-order valence-corrected chi connectivity index (χ1v) is 5.71. The van der Waals surface area contributed by atoms with Crippen LogP contribution in [-0.2, 0) is 5.88 Å². The first-order valence-electron chi connectivity index (χ1n) is 4.38. The van der Waals surface area contributed by atoms with Gasteiger partial charge in [0, 0.05) is 10.0 Å². The second kappa shape index (κ2) is 5.27. The summed E-state index contributed by atoms with van der Waals surface area (Å²) < 4.78 is 41.6. The van der Waals surface area contributed by atoms with Gasteiger partial charge in [0.05, 0.1) is 5.88 Å².